The molecule has 1 aromatic rings. The molecule has 0 spiro atoms. The Morgan fingerprint density at radius 3 is 2.67 bits per heavy atom. The van der Waals surface area contributed by atoms with E-state index in [1.54, 1.807) is 16.0 Å². The highest BCUT2D eigenvalue weighted by atomic mass is 127. The van der Waals surface area contributed by atoms with Gasteiger partial charge in [-0.25, -0.2) is 4.31 Å². The number of halogens is 2. The average Bonchev–Trinajstić information content (AvgIpc) is 2.39. The first-order valence-corrected chi connectivity index (χ1v) is 9.73. The number of rotatable bonds is 3. The van der Waals surface area contributed by atoms with Crippen molar-refractivity contribution in [2.24, 2.45) is 0 Å². The van der Waals surface area contributed by atoms with E-state index >= 15 is 0 Å². The molecule has 0 saturated heterocycles. The van der Waals surface area contributed by atoms with E-state index in [0.29, 0.717) is 6.04 Å². The molecular formula is C13H13BrINOS. The van der Waals surface area contributed by atoms with Gasteiger partial charge in [0, 0.05) is 43.8 Å². The number of ketones is 1. The molecule has 18 heavy (non-hydrogen) atoms. The topological polar surface area (TPSA) is 20.3 Å². The Bertz CT molecular complexity index is 474. The van der Waals surface area contributed by atoms with Gasteiger partial charge in [-0.1, -0.05) is 34.1 Å². The van der Waals surface area contributed by atoms with Gasteiger partial charge in [0.05, 0.1) is 0 Å². The Kier molecular flexibility index (Phi) is 5.29. The Morgan fingerprint density at radius 1 is 1.44 bits per heavy atom. The van der Waals surface area contributed by atoms with Crippen molar-refractivity contribution in [3.05, 3.63) is 46.0 Å². The Hall–Kier alpha value is 0.150. The third-order valence-electron chi connectivity index (χ3n) is 3.06. The smallest absolute Gasteiger partial charge is 0.156 e. The second-order valence-electron chi connectivity index (χ2n) is 4.23. The van der Waals surface area contributed by atoms with Crippen LogP contribution in [0.15, 0.2) is 40.4 Å². The van der Waals surface area contributed by atoms with Crippen molar-refractivity contribution in [1.82, 2.24) is 4.31 Å². The molecule has 96 valence electrons. The molecule has 1 aliphatic rings. The Morgan fingerprint density at radius 2 is 2.11 bits per heavy atom. The summed E-state index contributed by atoms with van der Waals surface area (Å²) in [6, 6.07) is 8.76. The molecule has 0 amide bonds. The van der Waals surface area contributed by atoms with Crippen molar-refractivity contribution < 1.29 is 4.79 Å². The highest BCUT2D eigenvalue weighted by Gasteiger charge is 2.26. The number of nitrogens with zero attached hydrogens (tertiary/aromatic N) is 1. The van der Waals surface area contributed by atoms with Crippen LogP contribution in [0.4, 0.5) is 0 Å². The van der Waals surface area contributed by atoms with Crippen LogP contribution in [0, 0.1) is 0 Å². The fourth-order valence-electron chi connectivity index (χ4n) is 2.03. The van der Waals surface area contributed by atoms with E-state index in [0.717, 1.165) is 23.0 Å². The molecule has 0 aliphatic carbocycles. The lowest BCUT2D eigenvalue weighted by molar-refractivity contribution is -0.113. The molecule has 0 bridgehead atoms. The molecule has 0 fully saturated rings. The Balaban J connectivity index is 2.23. The summed E-state index contributed by atoms with van der Waals surface area (Å²) in [6.07, 6.45) is 2.98. The molecule has 1 aromatic carbocycles. The summed E-state index contributed by atoms with van der Waals surface area (Å²) in [7, 11) is 1.67. The van der Waals surface area contributed by atoms with Gasteiger partial charge >= 0.3 is 0 Å². The number of hydrogen-bond acceptors (Lipinski definition) is 3. The van der Waals surface area contributed by atoms with Gasteiger partial charge in [-0.3, -0.25) is 4.79 Å². The Labute approximate surface area is 132 Å². The normalized spacial score (nSPS) is 20.6. The minimum Gasteiger partial charge on any atom is -0.295 e. The zero-order chi connectivity index (χ0) is 13.1. The molecule has 0 aromatic heterocycles. The highest BCUT2D eigenvalue weighted by molar-refractivity contribution is 14.2. The molecule has 1 aliphatic heterocycles. The third-order valence-corrected chi connectivity index (χ3v) is 5.66. The standard InChI is InChI=1S/C13H13BrINOS/c1-9(17)11-4-7-13(16(8-11)18-15)10-2-5-12(14)6-3-10/h2-6,13H,7-8H2,1H3. The predicted molar refractivity (Wildman–Crippen MR) is 88.6 cm³/mol. The van der Waals surface area contributed by atoms with E-state index in [9.17, 15) is 4.79 Å². The molecular weight excluding hydrogens is 425 g/mol. The SMILES string of the molecule is CC(=O)C1=CCC(c2ccc(Br)cc2)N(SI)C1. The lowest BCUT2D eigenvalue weighted by Gasteiger charge is -2.32. The quantitative estimate of drug-likeness (QED) is 0.504. The molecule has 1 heterocycles. The molecule has 1 unspecified atom stereocenters. The van der Waals surface area contributed by atoms with Gasteiger partial charge in [0.1, 0.15) is 0 Å². The molecule has 2 rings (SSSR count). The van der Waals surface area contributed by atoms with Crippen LogP contribution in [0.3, 0.4) is 0 Å². The van der Waals surface area contributed by atoms with E-state index in [1.807, 2.05) is 0 Å². The van der Waals surface area contributed by atoms with Gasteiger partial charge < -0.3 is 0 Å². The summed E-state index contributed by atoms with van der Waals surface area (Å²) in [5.41, 5.74) is 2.22. The van der Waals surface area contributed by atoms with Crippen molar-refractivity contribution in [1.29, 1.82) is 0 Å². The number of carbonyl (C=O) groups is 1. The van der Waals surface area contributed by atoms with Crippen LogP contribution in [0.2, 0.25) is 0 Å². The van der Waals surface area contributed by atoms with Crippen molar-refractivity contribution in [3.8, 4) is 0 Å². The van der Waals surface area contributed by atoms with Crippen LogP contribution in [-0.4, -0.2) is 16.6 Å². The van der Waals surface area contributed by atoms with Crippen LogP contribution in [-0.2, 0) is 4.79 Å². The molecule has 2 nitrogen and oxygen atoms in total. The van der Waals surface area contributed by atoms with Crippen LogP contribution in [0.5, 0.6) is 0 Å². The monoisotopic (exact) mass is 437 g/mol. The van der Waals surface area contributed by atoms with E-state index in [2.05, 4.69) is 71.8 Å². The van der Waals surface area contributed by atoms with Crippen molar-refractivity contribution in [2.75, 3.05) is 6.54 Å². The van der Waals surface area contributed by atoms with Crippen molar-refractivity contribution >= 4 is 52.0 Å². The van der Waals surface area contributed by atoms with Crippen molar-refractivity contribution in [2.45, 2.75) is 19.4 Å². The van der Waals surface area contributed by atoms with Crippen LogP contribution in [0.1, 0.15) is 24.9 Å². The second-order valence-corrected chi connectivity index (χ2v) is 6.94. The summed E-state index contributed by atoms with van der Waals surface area (Å²) >= 11 is 5.74. The zero-order valence-electron chi connectivity index (χ0n) is 9.90. The van der Waals surface area contributed by atoms with Gasteiger partial charge in [0.25, 0.3) is 0 Å². The first-order chi connectivity index (χ1) is 8.61. The summed E-state index contributed by atoms with van der Waals surface area (Å²) in [5, 5.41) is 0. The average molecular weight is 438 g/mol. The van der Waals surface area contributed by atoms with E-state index < -0.39 is 0 Å². The maximum Gasteiger partial charge on any atom is 0.156 e. The van der Waals surface area contributed by atoms with Gasteiger partial charge in [0.15, 0.2) is 5.78 Å². The summed E-state index contributed by atoms with van der Waals surface area (Å²) in [5.74, 6) is 0.180. The largest absolute Gasteiger partial charge is 0.295 e. The molecule has 0 saturated carbocycles. The van der Waals surface area contributed by atoms with E-state index in [4.69, 9.17) is 0 Å². The maximum absolute atomic E-state index is 11.4. The van der Waals surface area contributed by atoms with Gasteiger partial charge in [-0.15, -0.1) is 0 Å². The van der Waals surface area contributed by atoms with Gasteiger partial charge in [-0.05, 0) is 40.2 Å². The lowest BCUT2D eigenvalue weighted by atomic mass is 9.97. The van der Waals surface area contributed by atoms with Crippen LogP contribution in [0.25, 0.3) is 0 Å². The molecule has 1 atom stereocenters. The zero-order valence-corrected chi connectivity index (χ0v) is 14.5. The lowest BCUT2D eigenvalue weighted by Crippen LogP contribution is -2.28. The maximum atomic E-state index is 11.4. The van der Waals surface area contributed by atoms with E-state index in [-0.39, 0.29) is 5.78 Å². The van der Waals surface area contributed by atoms with Gasteiger partial charge in [-0.2, -0.15) is 0 Å². The van der Waals surface area contributed by atoms with Crippen LogP contribution >= 0.6 is 46.3 Å². The second kappa shape index (κ2) is 6.54. The number of Topliss-reactive ketones (excluding diaryl/α,β-unsaturated/α-hetero) is 1. The number of benzene rings is 1. The summed E-state index contributed by atoms with van der Waals surface area (Å²) in [6.45, 7) is 2.37. The minimum absolute atomic E-state index is 0.180. The highest BCUT2D eigenvalue weighted by Crippen LogP contribution is 2.38. The summed E-state index contributed by atoms with van der Waals surface area (Å²) in [4.78, 5) is 11.4. The first kappa shape index (κ1) is 14.6. The molecule has 0 radical (unpaired) electrons. The first-order valence-electron chi connectivity index (χ1n) is 5.62. The molecule has 0 N–H and O–H groups in total. The predicted octanol–water partition coefficient (Wildman–Crippen LogP) is 4.71. The number of hydrogen-bond donors (Lipinski definition) is 0. The fourth-order valence-corrected chi connectivity index (χ4v) is 4.03. The third kappa shape index (κ3) is 3.37. The fraction of sp³-hybridized carbons (Fsp3) is 0.308. The number of carbonyl (C=O) groups excluding carboxylic acids is 1. The minimum atomic E-state index is 0.180. The van der Waals surface area contributed by atoms with Gasteiger partial charge in [0.2, 0.25) is 0 Å². The van der Waals surface area contributed by atoms with E-state index in [1.165, 1.54) is 5.56 Å². The van der Waals surface area contributed by atoms with Crippen LogP contribution < -0.4 is 0 Å². The summed E-state index contributed by atoms with van der Waals surface area (Å²) < 4.78 is 3.36. The van der Waals surface area contributed by atoms with Crippen molar-refractivity contribution in [3.63, 3.8) is 0 Å². The molecule has 5 heteroatoms.